The lowest BCUT2D eigenvalue weighted by Crippen LogP contribution is -2.40. The van der Waals surface area contributed by atoms with Gasteiger partial charge in [0.1, 0.15) is 5.82 Å². The minimum atomic E-state index is -0.917. The molecule has 0 bridgehead atoms. The van der Waals surface area contributed by atoms with Crippen molar-refractivity contribution in [1.82, 2.24) is 0 Å². The van der Waals surface area contributed by atoms with Crippen molar-refractivity contribution in [3.05, 3.63) is 58.3 Å². The van der Waals surface area contributed by atoms with Crippen molar-refractivity contribution in [2.45, 2.75) is 12.8 Å². The molecule has 0 unspecified atom stereocenters. The summed E-state index contributed by atoms with van der Waals surface area (Å²) in [5.41, 5.74) is 0.948. The van der Waals surface area contributed by atoms with E-state index in [1.54, 1.807) is 0 Å². The summed E-state index contributed by atoms with van der Waals surface area (Å²) in [6.45, 7) is 0.949. The minimum absolute atomic E-state index is 0.210. The number of ketones is 1. The van der Waals surface area contributed by atoms with Gasteiger partial charge in [-0.25, -0.2) is 13.2 Å². The Labute approximate surface area is 168 Å². The van der Waals surface area contributed by atoms with Gasteiger partial charge in [0.2, 0.25) is 11.6 Å². The smallest absolute Gasteiger partial charge is 0.213 e. The third-order valence-corrected chi connectivity index (χ3v) is 5.26. The topological polar surface area (TPSA) is 64.9 Å². The molecule has 1 aliphatic rings. The molecule has 1 aliphatic heterocycles. The fourth-order valence-electron chi connectivity index (χ4n) is 3.12. The second kappa shape index (κ2) is 8.64. The van der Waals surface area contributed by atoms with Gasteiger partial charge in [0.25, 0.3) is 0 Å². The molecule has 3 rings (SSSR count). The Bertz CT molecular complexity index is 915. The molecule has 1 saturated heterocycles. The van der Waals surface area contributed by atoms with Crippen LogP contribution in [-0.2, 0) is 4.79 Å². The lowest BCUT2D eigenvalue weighted by Gasteiger charge is -2.33. The van der Waals surface area contributed by atoms with E-state index in [4.69, 9.17) is 0 Å². The van der Waals surface area contributed by atoms with Crippen molar-refractivity contribution in [3.63, 3.8) is 0 Å². The van der Waals surface area contributed by atoms with Gasteiger partial charge in [0, 0.05) is 36.4 Å². The highest BCUT2D eigenvalue weighted by molar-refractivity contribution is 9.10. The fourth-order valence-corrected chi connectivity index (χ4v) is 3.50. The van der Waals surface area contributed by atoms with Gasteiger partial charge in [-0.3, -0.25) is 4.79 Å². The predicted molar refractivity (Wildman–Crippen MR) is 103 cm³/mol. The second-order valence-electron chi connectivity index (χ2n) is 6.43. The number of halogens is 4. The van der Waals surface area contributed by atoms with Crippen molar-refractivity contribution in [2.24, 2.45) is 11.1 Å². The summed E-state index contributed by atoms with van der Waals surface area (Å²) < 4.78 is 40.0. The standard InChI is InChI=1S/C19H17BrF3N3O2/c20-14-9-12(1-3-15(14)21)24-19(25-28)18(27)11-5-7-26(8-6-11)13-2-4-16(22)17(23)10-13/h1-4,9-11,28H,5-8H2,(H,24,25). The van der Waals surface area contributed by atoms with Gasteiger partial charge in [0.05, 0.1) is 4.47 Å². The molecule has 0 spiro atoms. The minimum Gasteiger partial charge on any atom is -0.409 e. The summed E-state index contributed by atoms with van der Waals surface area (Å²) in [7, 11) is 0. The Kier molecular flexibility index (Phi) is 6.23. The molecule has 9 heteroatoms. The molecule has 1 heterocycles. The van der Waals surface area contributed by atoms with E-state index < -0.39 is 17.5 Å². The first-order chi connectivity index (χ1) is 13.4. The van der Waals surface area contributed by atoms with Crippen molar-refractivity contribution < 1.29 is 23.2 Å². The van der Waals surface area contributed by atoms with Gasteiger partial charge >= 0.3 is 0 Å². The molecule has 0 radical (unpaired) electrons. The highest BCUT2D eigenvalue weighted by Crippen LogP contribution is 2.26. The van der Waals surface area contributed by atoms with E-state index in [0.29, 0.717) is 37.3 Å². The predicted octanol–water partition coefficient (Wildman–Crippen LogP) is 4.55. The average Bonchev–Trinajstić information content (AvgIpc) is 2.70. The maximum atomic E-state index is 13.4. The summed E-state index contributed by atoms with van der Waals surface area (Å²) >= 11 is 3.05. The molecule has 0 aromatic heterocycles. The number of rotatable bonds is 4. The Morgan fingerprint density at radius 3 is 2.36 bits per heavy atom. The number of oxime groups is 1. The van der Waals surface area contributed by atoms with Gasteiger partial charge in [-0.15, -0.1) is 0 Å². The number of carbonyl (C=O) groups excluding carboxylic acids is 1. The summed E-state index contributed by atoms with van der Waals surface area (Å²) in [6, 6.07) is 7.76. The molecule has 2 N–H and O–H groups in total. The Morgan fingerprint density at radius 2 is 1.75 bits per heavy atom. The van der Waals surface area contributed by atoms with Crippen LogP contribution in [0.1, 0.15) is 12.8 Å². The van der Waals surface area contributed by atoms with E-state index in [2.05, 4.69) is 26.4 Å². The highest BCUT2D eigenvalue weighted by Gasteiger charge is 2.29. The first kappa shape index (κ1) is 20.2. The fraction of sp³-hybridized carbons (Fsp3) is 0.263. The third-order valence-electron chi connectivity index (χ3n) is 4.65. The van der Waals surface area contributed by atoms with Gasteiger partial charge in [-0.1, -0.05) is 5.16 Å². The number of carbonyl (C=O) groups is 1. The monoisotopic (exact) mass is 455 g/mol. The van der Waals surface area contributed by atoms with Crippen LogP contribution in [-0.4, -0.2) is 29.9 Å². The number of benzene rings is 2. The lowest BCUT2D eigenvalue weighted by molar-refractivity contribution is -0.117. The molecular weight excluding hydrogens is 439 g/mol. The summed E-state index contributed by atoms with van der Waals surface area (Å²) in [5.74, 6) is -3.26. The van der Waals surface area contributed by atoms with Crippen LogP contribution >= 0.6 is 15.9 Å². The second-order valence-corrected chi connectivity index (χ2v) is 7.28. The average molecular weight is 456 g/mol. The molecule has 0 atom stereocenters. The van der Waals surface area contributed by atoms with Crippen LogP contribution < -0.4 is 10.2 Å². The van der Waals surface area contributed by atoms with E-state index in [9.17, 15) is 23.2 Å². The van der Waals surface area contributed by atoms with Gasteiger partial charge in [-0.05, 0) is 59.1 Å². The van der Waals surface area contributed by atoms with Crippen molar-refractivity contribution in [1.29, 1.82) is 0 Å². The number of Topliss-reactive ketones (excluding diaryl/α,β-unsaturated/α-hetero) is 1. The van der Waals surface area contributed by atoms with Gasteiger partial charge in [-0.2, -0.15) is 0 Å². The molecule has 148 valence electrons. The third kappa shape index (κ3) is 4.46. The Morgan fingerprint density at radius 1 is 1.07 bits per heavy atom. The molecule has 0 saturated carbocycles. The van der Waals surface area contributed by atoms with E-state index in [-0.39, 0.29) is 22.0 Å². The van der Waals surface area contributed by atoms with Gasteiger partial charge < -0.3 is 15.4 Å². The van der Waals surface area contributed by atoms with Crippen LogP contribution in [0.2, 0.25) is 0 Å². The molecule has 0 aliphatic carbocycles. The summed E-state index contributed by atoms with van der Waals surface area (Å²) in [6.07, 6.45) is 0.928. The SMILES string of the molecule is O=C(/C(=N/O)Nc1ccc(F)c(Br)c1)C1CCN(c2ccc(F)c(F)c2)CC1. The zero-order valence-corrected chi connectivity index (χ0v) is 16.2. The molecule has 2 aromatic rings. The Balaban J connectivity index is 1.63. The van der Waals surface area contributed by atoms with Crippen LogP contribution in [0.25, 0.3) is 0 Å². The van der Waals surface area contributed by atoms with Crippen LogP contribution in [0.5, 0.6) is 0 Å². The maximum Gasteiger partial charge on any atom is 0.213 e. The Hall–Kier alpha value is -2.55. The first-order valence-electron chi connectivity index (χ1n) is 8.57. The molecular formula is C19H17BrF3N3O2. The number of anilines is 2. The number of hydrogen-bond acceptors (Lipinski definition) is 4. The van der Waals surface area contributed by atoms with E-state index in [0.717, 1.165) is 12.1 Å². The van der Waals surface area contributed by atoms with E-state index in [1.807, 2.05) is 4.90 Å². The summed E-state index contributed by atoms with van der Waals surface area (Å²) in [4.78, 5) is 14.5. The van der Waals surface area contributed by atoms with E-state index >= 15 is 0 Å². The number of hydrogen-bond donors (Lipinski definition) is 2. The van der Waals surface area contributed by atoms with Crippen molar-refractivity contribution >= 4 is 38.9 Å². The lowest BCUT2D eigenvalue weighted by atomic mass is 9.91. The van der Waals surface area contributed by atoms with Crippen LogP contribution in [0, 0.1) is 23.4 Å². The highest BCUT2D eigenvalue weighted by atomic mass is 79.9. The molecule has 28 heavy (non-hydrogen) atoms. The molecule has 2 aromatic carbocycles. The largest absolute Gasteiger partial charge is 0.409 e. The van der Waals surface area contributed by atoms with Crippen molar-refractivity contribution in [2.75, 3.05) is 23.3 Å². The maximum absolute atomic E-state index is 13.4. The molecule has 5 nitrogen and oxygen atoms in total. The zero-order chi connectivity index (χ0) is 20.3. The quantitative estimate of drug-likeness (QED) is 0.307. The summed E-state index contributed by atoms with van der Waals surface area (Å²) in [5, 5.41) is 15.0. The number of nitrogens with one attached hydrogen (secondary N) is 1. The zero-order valence-electron chi connectivity index (χ0n) is 14.6. The first-order valence-corrected chi connectivity index (χ1v) is 9.36. The van der Waals surface area contributed by atoms with Crippen molar-refractivity contribution in [3.8, 4) is 0 Å². The van der Waals surface area contributed by atoms with Crippen LogP contribution in [0.4, 0.5) is 24.5 Å². The van der Waals surface area contributed by atoms with Gasteiger partial charge in [0.15, 0.2) is 11.6 Å². The molecule has 0 amide bonds. The number of piperidine rings is 1. The van der Waals surface area contributed by atoms with E-state index in [1.165, 1.54) is 24.3 Å². The number of nitrogens with zero attached hydrogens (tertiary/aromatic N) is 2. The molecule has 1 fully saturated rings. The van der Waals surface area contributed by atoms with Crippen LogP contribution in [0.3, 0.4) is 0 Å². The number of amidine groups is 1. The normalized spacial score (nSPS) is 15.6. The van der Waals surface area contributed by atoms with Crippen LogP contribution in [0.15, 0.2) is 46.0 Å².